The second kappa shape index (κ2) is 9.35. The molecule has 1 unspecified atom stereocenters. The lowest BCUT2D eigenvalue weighted by Gasteiger charge is -2.31. The summed E-state index contributed by atoms with van der Waals surface area (Å²) in [6, 6.07) is 18.8. The minimum absolute atomic E-state index is 0.0234. The summed E-state index contributed by atoms with van der Waals surface area (Å²) in [5.41, 5.74) is 0.422. The summed E-state index contributed by atoms with van der Waals surface area (Å²) in [7, 11) is 0. The minimum atomic E-state index is -1.81. The molecule has 204 valence electrons. The summed E-state index contributed by atoms with van der Waals surface area (Å²) in [5, 5.41) is 8.98. The van der Waals surface area contributed by atoms with E-state index in [2.05, 4.69) is 10.2 Å². The van der Waals surface area contributed by atoms with Gasteiger partial charge in [0.1, 0.15) is 11.4 Å². The second-order valence-electron chi connectivity index (χ2n) is 9.78. The van der Waals surface area contributed by atoms with Gasteiger partial charge in [-0.25, -0.2) is 4.39 Å². The zero-order valence-corrected chi connectivity index (χ0v) is 23.5. The molecule has 0 radical (unpaired) electrons. The molecule has 8 nitrogen and oxygen atoms in total. The van der Waals surface area contributed by atoms with E-state index in [1.165, 1.54) is 22.7 Å². The van der Waals surface area contributed by atoms with Crippen molar-refractivity contribution in [3.8, 4) is 0 Å². The summed E-state index contributed by atoms with van der Waals surface area (Å²) in [6.07, 6.45) is 0. The first kappa shape index (κ1) is 25.6. The van der Waals surface area contributed by atoms with Crippen molar-refractivity contribution < 1.29 is 18.4 Å². The van der Waals surface area contributed by atoms with Gasteiger partial charge in [-0.15, -0.1) is 10.2 Å². The molecule has 4 heterocycles. The van der Waals surface area contributed by atoms with Crippen LogP contribution in [0.4, 0.5) is 15.2 Å². The van der Waals surface area contributed by atoms with Crippen molar-refractivity contribution in [2.75, 3.05) is 16.3 Å². The molecule has 7 rings (SSSR count). The van der Waals surface area contributed by atoms with E-state index >= 15 is 0 Å². The van der Waals surface area contributed by atoms with E-state index in [0.29, 0.717) is 33.5 Å². The monoisotopic (exact) mass is 584 g/mol. The van der Waals surface area contributed by atoms with Crippen LogP contribution < -0.4 is 15.2 Å². The molecule has 2 aromatic heterocycles. The fourth-order valence-electron chi connectivity index (χ4n) is 5.70. The lowest BCUT2D eigenvalue weighted by molar-refractivity contribution is -0.121. The average molecular weight is 585 g/mol. The van der Waals surface area contributed by atoms with Gasteiger partial charge in [-0.2, -0.15) is 0 Å². The van der Waals surface area contributed by atoms with Gasteiger partial charge in [-0.05, 0) is 43.7 Å². The maximum absolute atomic E-state index is 14.5. The number of halogens is 1. The van der Waals surface area contributed by atoms with E-state index in [-0.39, 0.29) is 33.2 Å². The smallest absolute Gasteiger partial charge is 0.297 e. The molecule has 11 heteroatoms. The summed E-state index contributed by atoms with van der Waals surface area (Å²) in [6.45, 7) is 4.02. The SMILES string of the molecule is CCN1C(=O)C2(c3ccccc31)c1c(oc3ccc(C)cc3c1=O)C(=O)N2c1nnc(SCc2ccccc2F)s1. The molecule has 2 aliphatic heterocycles. The Morgan fingerprint density at radius 3 is 2.61 bits per heavy atom. The number of rotatable bonds is 5. The first-order valence-electron chi connectivity index (χ1n) is 12.9. The number of aromatic nitrogens is 2. The van der Waals surface area contributed by atoms with Crippen LogP contribution in [0.15, 0.2) is 80.3 Å². The van der Waals surface area contributed by atoms with Crippen molar-refractivity contribution in [2.24, 2.45) is 0 Å². The number of hydrogen-bond acceptors (Lipinski definition) is 8. The first-order chi connectivity index (χ1) is 19.9. The van der Waals surface area contributed by atoms with Gasteiger partial charge in [0.2, 0.25) is 10.9 Å². The number of thioether (sulfide) groups is 1. The Bertz CT molecular complexity index is 1970. The van der Waals surface area contributed by atoms with Crippen LogP contribution in [0.2, 0.25) is 0 Å². The van der Waals surface area contributed by atoms with E-state index < -0.39 is 22.8 Å². The summed E-state index contributed by atoms with van der Waals surface area (Å²) in [4.78, 5) is 45.7. The molecule has 2 amide bonds. The molecule has 3 aromatic carbocycles. The maximum atomic E-state index is 14.5. The van der Waals surface area contributed by atoms with Crippen LogP contribution in [0.3, 0.4) is 0 Å². The molecular weight excluding hydrogens is 563 g/mol. The Morgan fingerprint density at radius 1 is 1.02 bits per heavy atom. The molecule has 0 N–H and O–H groups in total. The Hall–Kier alpha value is -4.35. The van der Waals surface area contributed by atoms with Crippen LogP contribution in [0.25, 0.3) is 11.0 Å². The zero-order chi connectivity index (χ0) is 28.5. The number of aryl methyl sites for hydroxylation is 1. The molecular formula is C30H21FN4O4S2. The van der Waals surface area contributed by atoms with Crippen LogP contribution in [0, 0.1) is 12.7 Å². The molecule has 0 saturated heterocycles. The van der Waals surface area contributed by atoms with Crippen molar-refractivity contribution in [3.63, 3.8) is 0 Å². The molecule has 0 aliphatic carbocycles. The molecule has 1 atom stereocenters. The number of anilines is 2. The Kier molecular flexibility index (Phi) is 5.84. The molecule has 1 spiro atoms. The van der Waals surface area contributed by atoms with Crippen LogP contribution in [-0.2, 0) is 16.1 Å². The van der Waals surface area contributed by atoms with Gasteiger partial charge >= 0.3 is 0 Å². The highest BCUT2D eigenvalue weighted by Gasteiger charge is 2.66. The fraction of sp³-hybridized carbons (Fsp3) is 0.167. The predicted octanol–water partition coefficient (Wildman–Crippen LogP) is 5.65. The Labute approximate surface area is 241 Å². The standard InChI is InChI=1S/C30H21FN4O4S2/c1-3-34-21-11-7-5-9-19(21)30(27(34)38)23-24(36)18-14-16(2)12-13-22(18)39-25(23)26(37)35(30)28-32-33-29(41-28)40-15-17-8-4-6-10-20(17)31/h4-14H,3,15H2,1-2H3. The van der Waals surface area contributed by atoms with E-state index in [0.717, 1.165) is 16.9 Å². The number of benzene rings is 3. The van der Waals surface area contributed by atoms with Crippen LogP contribution in [-0.4, -0.2) is 28.6 Å². The number of likely N-dealkylation sites (N-methyl/N-ethyl adjacent to an activating group) is 1. The Balaban J connectivity index is 1.44. The van der Waals surface area contributed by atoms with Gasteiger partial charge in [0, 0.05) is 17.9 Å². The topological polar surface area (TPSA) is 96.6 Å². The van der Waals surface area contributed by atoms with Crippen molar-refractivity contribution in [1.82, 2.24) is 10.2 Å². The summed E-state index contributed by atoms with van der Waals surface area (Å²) < 4.78 is 20.8. The van der Waals surface area contributed by atoms with Crippen molar-refractivity contribution >= 4 is 56.7 Å². The van der Waals surface area contributed by atoms with Gasteiger partial charge in [0.25, 0.3) is 11.8 Å². The van der Waals surface area contributed by atoms with Gasteiger partial charge in [0.05, 0.1) is 16.6 Å². The predicted molar refractivity (Wildman–Crippen MR) is 155 cm³/mol. The highest BCUT2D eigenvalue weighted by atomic mass is 32.2. The first-order valence-corrected chi connectivity index (χ1v) is 14.7. The average Bonchev–Trinajstić information content (AvgIpc) is 3.61. The van der Waals surface area contributed by atoms with E-state index in [1.54, 1.807) is 59.5 Å². The third-order valence-corrected chi connectivity index (χ3v) is 9.58. The summed E-state index contributed by atoms with van der Waals surface area (Å²) >= 11 is 2.37. The largest absolute Gasteiger partial charge is 0.450 e. The van der Waals surface area contributed by atoms with Gasteiger partial charge in [0.15, 0.2) is 15.3 Å². The van der Waals surface area contributed by atoms with Gasteiger partial charge < -0.3 is 9.32 Å². The molecule has 0 fully saturated rings. The van der Waals surface area contributed by atoms with Crippen molar-refractivity contribution in [2.45, 2.75) is 29.5 Å². The highest BCUT2D eigenvalue weighted by molar-refractivity contribution is 8.00. The number of amides is 2. The van der Waals surface area contributed by atoms with Crippen LogP contribution in [0.5, 0.6) is 0 Å². The fourth-order valence-corrected chi connectivity index (χ4v) is 7.58. The van der Waals surface area contributed by atoms with E-state index in [4.69, 9.17) is 4.42 Å². The third kappa shape index (κ3) is 3.55. The van der Waals surface area contributed by atoms with Crippen molar-refractivity contribution in [3.05, 3.63) is 111 Å². The lowest BCUT2D eigenvalue weighted by Crippen LogP contribution is -2.53. The molecule has 5 aromatic rings. The van der Waals surface area contributed by atoms with Crippen LogP contribution in [0.1, 0.15) is 39.7 Å². The lowest BCUT2D eigenvalue weighted by atomic mass is 9.84. The molecule has 0 bridgehead atoms. The quantitative estimate of drug-likeness (QED) is 0.194. The number of carbonyl (C=O) groups excluding carboxylic acids is 2. The normalized spacial score (nSPS) is 17.6. The second-order valence-corrected chi connectivity index (χ2v) is 12.0. The van der Waals surface area contributed by atoms with E-state index in [1.807, 2.05) is 19.9 Å². The number of fused-ring (bicyclic) bond motifs is 5. The van der Waals surface area contributed by atoms with Crippen LogP contribution >= 0.6 is 23.1 Å². The van der Waals surface area contributed by atoms with Gasteiger partial charge in [-0.1, -0.05) is 71.1 Å². The minimum Gasteiger partial charge on any atom is -0.450 e. The zero-order valence-electron chi connectivity index (χ0n) is 21.9. The molecule has 41 heavy (non-hydrogen) atoms. The number of para-hydroxylation sites is 1. The molecule has 2 aliphatic rings. The summed E-state index contributed by atoms with van der Waals surface area (Å²) in [5.74, 6) is -1.31. The third-order valence-electron chi connectivity index (χ3n) is 7.49. The number of carbonyl (C=O) groups is 2. The number of nitrogens with zero attached hydrogens (tertiary/aromatic N) is 4. The highest BCUT2D eigenvalue weighted by Crippen LogP contribution is 2.54. The maximum Gasteiger partial charge on any atom is 0.297 e. The van der Waals surface area contributed by atoms with Crippen molar-refractivity contribution in [1.29, 1.82) is 0 Å². The molecule has 0 saturated carbocycles. The Morgan fingerprint density at radius 2 is 1.80 bits per heavy atom. The van der Waals surface area contributed by atoms with Gasteiger partial charge in [-0.3, -0.25) is 19.3 Å². The van der Waals surface area contributed by atoms with E-state index in [9.17, 15) is 18.8 Å². The number of hydrogen-bond donors (Lipinski definition) is 0.